The number of carboxylic acid groups (broad SMARTS) is 3. The zero-order valence-electron chi connectivity index (χ0n) is 38.8. The minimum absolute atomic E-state index is 0.138. The number of nitrogens with two attached hydrogens (primary N) is 1. The standard InChI is InChI=1S/C39H66N10O19S/c1-7-17(4)29(48-35(63)23(14-51)42-25(54)12-41-36(64)30(18(5)53)49-31(59)19(40)13-50)38(66)45-21(10-26(55)56)33(61)43-20(8-9-69-6)32(60)47-28(16(2)3)37(65)44-22(11-27(57)58)34(62)46-24(15-52)39(67)68/h16-24,28-30,50-53H,7-15,40H2,1-6H3,(H,41,64)(H,42,54)(H,43,61)(H,44,65)(H,45,66)(H,46,62)(H,47,60)(H,48,63)(H,49,59)(H,55,56)(H,57,58)(H,67,68)/t17-,18+,19-,20-,21-,22-,23-,24-,28-,29-,30-/m0/s1. The number of thioether (sulfide) groups is 1. The van der Waals surface area contributed by atoms with Gasteiger partial charge in [0.05, 0.1) is 45.3 Å². The molecule has 0 saturated heterocycles. The Morgan fingerprint density at radius 2 is 0.957 bits per heavy atom. The third-order valence-electron chi connectivity index (χ3n) is 9.96. The average Bonchev–Trinajstić information content (AvgIpc) is 3.28. The van der Waals surface area contributed by atoms with Crippen LogP contribution in [0.4, 0.5) is 0 Å². The number of hydrogen-bond acceptors (Lipinski definition) is 18. The van der Waals surface area contributed by atoms with Crippen molar-refractivity contribution in [2.24, 2.45) is 17.6 Å². The Morgan fingerprint density at radius 1 is 0.522 bits per heavy atom. The van der Waals surface area contributed by atoms with Crippen LogP contribution in [0.1, 0.15) is 60.3 Å². The van der Waals surface area contributed by atoms with E-state index in [1.165, 1.54) is 32.5 Å². The molecule has 9 amide bonds. The van der Waals surface area contributed by atoms with E-state index in [1.54, 1.807) is 13.2 Å². The first-order chi connectivity index (χ1) is 32.2. The Morgan fingerprint density at radius 3 is 1.38 bits per heavy atom. The van der Waals surface area contributed by atoms with Gasteiger partial charge in [-0.15, -0.1) is 0 Å². The van der Waals surface area contributed by atoms with Gasteiger partial charge in [0.2, 0.25) is 53.2 Å². The molecule has 0 aliphatic rings. The molecule has 0 aliphatic carbocycles. The fourth-order valence-electron chi connectivity index (χ4n) is 5.74. The summed E-state index contributed by atoms with van der Waals surface area (Å²) >= 11 is 1.22. The van der Waals surface area contributed by atoms with E-state index in [2.05, 4.69) is 42.5 Å². The maximum atomic E-state index is 13.7. The highest BCUT2D eigenvalue weighted by Gasteiger charge is 2.37. The molecule has 0 aromatic heterocycles. The van der Waals surface area contributed by atoms with Gasteiger partial charge in [-0.3, -0.25) is 52.7 Å². The average molecular weight is 1010 g/mol. The minimum atomic E-state index is -1.91. The summed E-state index contributed by atoms with van der Waals surface area (Å²) in [4.78, 5) is 153. The van der Waals surface area contributed by atoms with Crippen molar-refractivity contribution in [3.8, 4) is 0 Å². The maximum absolute atomic E-state index is 13.7. The summed E-state index contributed by atoms with van der Waals surface area (Å²) in [6.07, 6.45) is -1.90. The zero-order chi connectivity index (χ0) is 53.3. The first-order valence-corrected chi connectivity index (χ1v) is 22.7. The molecule has 0 fully saturated rings. The summed E-state index contributed by atoms with van der Waals surface area (Å²) in [5, 5.41) is 86.1. The second-order valence-corrected chi connectivity index (χ2v) is 16.9. The van der Waals surface area contributed by atoms with Crippen LogP contribution < -0.4 is 53.6 Å². The lowest BCUT2D eigenvalue weighted by atomic mass is 9.97. The number of aliphatic hydroxyl groups excluding tert-OH is 4. The van der Waals surface area contributed by atoms with Gasteiger partial charge in [0.25, 0.3) is 0 Å². The Kier molecular flexibility index (Phi) is 28.9. The molecule has 0 aromatic carbocycles. The van der Waals surface area contributed by atoms with Crippen molar-refractivity contribution in [3.63, 3.8) is 0 Å². The fraction of sp³-hybridized carbons (Fsp3) is 0.692. The third kappa shape index (κ3) is 22.6. The molecule has 69 heavy (non-hydrogen) atoms. The highest BCUT2D eigenvalue weighted by Crippen LogP contribution is 2.12. The molecule has 0 saturated carbocycles. The number of hydrogen-bond donors (Lipinski definition) is 17. The minimum Gasteiger partial charge on any atom is -0.481 e. The number of carbonyl (C=O) groups is 12. The van der Waals surface area contributed by atoms with Crippen LogP contribution in [0, 0.1) is 11.8 Å². The predicted molar refractivity (Wildman–Crippen MR) is 239 cm³/mol. The van der Waals surface area contributed by atoms with Gasteiger partial charge < -0.3 is 89.3 Å². The summed E-state index contributed by atoms with van der Waals surface area (Å²) in [7, 11) is 0. The van der Waals surface area contributed by atoms with Crippen molar-refractivity contribution < 1.29 is 93.3 Å². The number of aliphatic hydroxyl groups is 4. The van der Waals surface area contributed by atoms with Crippen LogP contribution in [0.2, 0.25) is 0 Å². The third-order valence-corrected chi connectivity index (χ3v) is 10.6. The molecule has 30 heteroatoms. The van der Waals surface area contributed by atoms with Crippen LogP contribution in [0.25, 0.3) is 0 Å². The molecule has 29 nitrogen and oxygen atoms in total. The molecule has 392 valence electrons. The van der Waals surface area contributed by atoms with E-state index in [-0.39, 0.29) is 18.6 Å². The number of aliphatic carboxylic acids is 3. The first kappa shape index (κ1) is 62.8. The van der Waals surface area contributed by atoms with E-state index in [0.29, 0.717) is 0 Å². The van der Waals surface area contributed by atoms with E-state index >= 15 is 0 Å². The molecule has 0 heterocycles. The molecule has 0 aliphatic heterocycles. The molecular weight excluding hydrogens is 945 g/mol. The Hall–Kier alpha value is -6.21. The normalized spacial score (nSPS) is 15.8. The van der Waals surface area contributed by atoms with Crippen LogP contribution in [0.3, 0.4) is 0 Å². The van der Waals surface area contributed by atoms with Gasteiger partial charge in [0, 0.05) is 0 Å². The summed E-state index contributed by atoms with van der Waals surface area (Å²) < 4.78 is 0. The number of carbonyl (C=O) groups excluding carboxylic acids is 9. The van der Waals surface area contributed by atoms with Crippen LogP contribution in [-0.4, -0.2) is 206 Å². The summed E-state index contributed by atoms with van der Waals surface area (Å²) in [6, 6.07) is -15.1. The van der Waals surface area contributed by atoms with E-state index < -0.39 is 183 Å². The van der Waals surface area contributed by atoms with Gasteiger partial charge in [0.1, 0.15) is 54.4 Å². The van der Waals surface area contributed by atoms with Gasteiger partial charge in [0.15, 0.2) is 0 Å². The highest BCUT2D eigenvalue weighted by molar-refractivity contribution is 7.98. The number of carboxylic acids is 3. The van der Waals surface area contributed by atoms with Gasteiger partial charge in [-0.1, -0.05) is 34.1 Å². The van der Waals surface area contributed by atoms with E-state index in [0.717, 1.165) is 6.92 Å². The number of nitrogens with one attached hydrogen (secondary N) is 9. The lowest BCUT2D eigenvalue weighted by Crippen LogP contribution is -2.62. The molecular formula is C39H66N10O19S. The predicted octanol–water partition coefficient (Wildman–Crippen LogP) is -7.84. The second-order valence-electron chi connectivity index (χ2n) is 15.9. The van der Waals surface area contributed by atoms with Crippen molar-refractivity contribution in [1.82, 2.24) is 47.9 Å². The smallest absolute Gasteiger partial charge is 0.328 e. The fourth-order valence-corrected chi connectivity index (χ4v) is 6.21. The largest absolute Gasteiger partial charge is 0.481 e. The van der Waals surface area contributed by atoms with Crippen molar-refractivity contribution in [1.29, 1.82) is 0 Å². The Bertz CT molecular complexity index is 1820. The zero-order valence-corrected chi connectivity index (χ0v) is 39.6. The number of amides is 9. The maximum Gasteiger partial charge on any atom is 0.328 e. The summed E-state index contributed by atoms with van der Waals surface area (Å²) in [5.74, 6) is -16.2. The quantitative estimate of drug-likeness (QED) is 0.0290. The van der Waals surface area contributed by atoms with Crippen LogP contribution in [0.5, 0.6) is 0 Å². The highest BCUT2D eigenvalue weighted by atomic mass is 32.2. The van der Waals surface area contributed by atoms with Crippen LogP contribution in [0.15, 0.2) is 0 Å². The monoisotopic (exact) mass is 1010 g/mol. The Labute approximate surface area is 400 Å². The number of rotatable bonds is 33. The van der Waals surface area contributed by atoms with Crippen LogP contribution in [-0.2, 0) is 57.5 Å². The summed E-state index contributed by atoms with van der Waals surface area (Å²) in [5.41, 5.74) is 5.41. The lowest BCUT2D eigenvalue weighted by Gasteiger charge is -2.29. The topological polar surface area (TPSA) is 481 Å². The van der Waals surface area contributed by atoms with Crippen molar-refractivity contribution in [2.45, 2.75) is 121 Å². The van der Waals surface area contributed by atoms with Crippen molar-refractivity contribution in [3.05, 3.63) is 0 Å². The first-order valence-electron chi connectivity index (χ1n) is 21.3. The summed E-state index contributed by atoms with van der Waals surface area (Å²) in [6.45, 7) is 3.40. The molecule has 0 radical (unpaired) electrons. The van der Waals surface area contributed by atoms with Gasteiger partial charge in [-0.05, 0) is 37.2 Å². The van der Waals surface area contributed by atoms with Crippen molar-refractivity contribution in [2.75, 3.05) is 38.4 Å². The van der Waals surface area contributed by atoms with E-state index in [1.807, 2.05) is 5.32 Å². The van der Waals surface area contributed by atoms with E-state index in [4.69, 9.17) is 15.9 Å². The molecule has 0 aromatic rings. The molecule has 11 atom stereocenters. The molecule has 18 N–H and O–H groups in total. The van der Waals surface area contributed by atoms with Gasteiger partial charge in [-0.25, -0.2) is 4.79 Å². The Balaban J connectivity index is 6.27. The molecule has 0 spiro atoms. The van der Waals surface area contributed by atoms with Crippen LogP contribution >= 0.6 is 11.8 Å². The van der Waals surface area contributed by atoms with E-state index in [9.17, 15) is 83.1 Å². The van der Waals surface area contributed by atoms with Gasteiger partial charge in [-0.2, -0.15) is 11.8 Å². The molecule has 0 bridgehead atoms. The molecule has 0 unspecified atom stereocenters. The molecule has 0 rings (SSSR count). The second kappa shape index (κ2) is 31.8. The lowest BCUT2D eigenvalue weighted by molar-refractivity contribution is -0.144. The van der Waals surface area contributed by atoms with Gasteiger partial charge >= 0.3 is 17.9 Å². The van der Waals surface area contributed by atoms with Crippen molar-refractivity contribution >= 4 is 82.8 Å². The SMILES string of the molecule is CC[C@H](C)[C@H](NC(=O)[C@H](CO)NC(=O)CNC(=O)[C@@H](NC(=O)[C@@H](N)CO)[C@@H](C)O)C(=O)N[C@@H](CC(=O)O)C(=O)N[C@@H](CCSC)C(=O)N[C@H](C(=O)N[C@@H](CC(=O)O)C(=O)N[C@@H](CO)C(=O)O)C(C)C.